The van der Waals surface area contributed by atoms with Gasteiger partial charge in [0.2, 0.25) is 0 Å². The lowest BCUT2D eigenvalue weighted by Gasteiger charge is -2.25. The maximum Gasteiger partial charge on any atom is 0.159 e. The number of fused-ring (bicyclic) bond motifs is 8. The van der Waals surface area contributed by atoms with Crippen LogP contribution in [0.15, 0.2) is 227 Å². The van der Waals surface area contributed by atoms with Crippen molar-refractivity contribution in [1.29, 1.82) is 0 Å². The van der Waals surface area contributed by atoms with Crippen LogP contribution in [0.5, 0.6) is 0 Å². The van der Waals surface area contributed by atoms with Gasteiger partial charge >= 0.3 is 0 Å². The van der Waals surface area contributed by atoms with Crippen LogP contribution in [-0.4, -0.2) is 11.7 Å². The number of thiophene rings is 1. The van der Waals surface area contributed by atoms with Crippen LogP contribution in [0.25, 0.3) is 97.0 Å². The first kappa shape index (κ1) is 36.5. The van der Waals surface area contributed by atoms with Crippen LogP contribution in [0.1, 0.15) is 22.9 Å². The molecule has 1 atom stereocenters. The Balaban J connectivity index is 0.969. The summed E-state index contributed by atoms with van der Waals surface area (Å²) in [5.74, 6) is 1.49. The van der Waals surface area contributed by atoms with Crippen molar-refractivity contribution in [2.45, 2.75) is 6.17 Å². The molecule has 10 aromatic carbocycles. The first-order chi connectivity index (χ1) is 31.7. The van der Waals surface area contributed by atoms with Crippen LogP contribution in [0.2, 0.25) is 0 Å². The molecule has 3 heterocycles. The molecule has 13 rings (SSSR count). The number of amidine groups is 2. The van der Waals surface area contributed by atoms with Crippen LogP contribution in [0.4, 0.5) is 0 Å². The van der Waals surface area contributed by atoms with Gasteiger partial charge in [-0.15, -0.1) is 11.3 Å². The van der Waals surface area contributed by atoms with Gasteiger partial charge in [0.05, 0.1) is 0 Å². The van der Waals surface area contributed by atoms with E-state index in [-0.39, 0.29) is 6.17 Å². The van der Waals surface area contributed by atoms with E-state index in [0.29, 0.717) is 5.84 Å². The number of furan rings is 1. The number of hydrogen-bond donors (Lipinski definition) is 1. The molecular formula is C59H37N3OS. The molecule has 1 aliphatic rings. The maximum absolute atomic E-state index is 6.96. The fourth-order valence-corrected chi connectivity index (χ4v) is 10.8. The van der Waals surface area contributed by atoms with Crippen molar-refractivity contribution in [2.24, 2.45) is 9.98 Å². The number of hydrogen-bond acceptors (Lipinski definition) is 5. The van der Waals surface area contributed by atoms with E-state index in [4.69, 9.17) is 14.4 Å². The standard InChI is InChI=1S/C59H37N3OS/c1-3-13-36(14-4-1)37-23-25-38(26-24-37)43-29-31-49(55-51-33-40-17-7-8-18-41(40)34-52(51)63-56(43)55)46-30-32-50(45-20-10-9-19-44(45)46)59-61-57(39-15-5-2-6-16-39)60-58(62-59)42-27-28-48-47-21-11-12-22-53(47)64-54(48)35-42/h1-35,58H,(H,60,61,62). The molecule has 0 amide bonds. The minimum Gasteiger partial charge on any atom is -0.455 e. The maximum atomic E-state index is 6.96. The molecule has 1 N–H and O–H groups in total. The Morgan fingerprint density at radius 1 is 0.422 bits per heavy atom. The van der Waals surface area contributed by atoms with E-state index in [1.807, 2.05) is 29.5 Å². The van der Waals surface area contributed by atoms with Gasteiger partial charge in [0.25, 0.3) is 0 Å². The lowest BCUT2D eigenvalue weighted by Crippen LogP contribution is -2.33. The summed E-state index contributed by atoms with van der Waals surface area (Å²) >= 11 is 1.82. The molecule has 0 radical (unpaired) electrons. The van der Waals surface area contributed by atoms with Gasteiger partial charge in [0.1, 0.15) is 23.2 Å². The number of nitrogens with one attached hydrogen (secondary N) is 1. The van der Waals surface area contributed by atoms with Crippen LogP contribution in [0, 0.1) is 0 Å². The van der Waals surface area contributed by atoms with E-state index in [2.05, 4.69) is 199 Å². The summed E-state index contributed by atoms with van der Waals surface area (Å²) in [7, 11) is 0. The molecule has 300 valence electrons. The highest BCUT2D eigenvalue weighted by atomic mass is 32.1. The highest BCUT2D eigenvalue weighted by molar-refractivity contribution is 7.25. The minimum absolute atomic E-state index is 0.336. The molecule has 0 fully saturated rings. The Labute approximate surface area is 373 Å². The molecule has 64 heavy (non-hydrogen) atoms. The van der Waals surface area contributed by atoms with Gasteiger partial charge in [-0.05, 0) is 85.3 Å². The molecular weight excluding hydrogens is 799 g/mol. The summed E-state index contributed by atoms with van der Waals surface area (Å²) in [5, 5.41) is 13.1. The zero-order chi connectivity index (χ0) is 42.1. The van der Waals surface area contributed by atoms with Crippen LogP contribution in [-0.2, 0) is 0 Å². The van der Waals surface area contributed by atoms with Gasteiger partial charge in [-0.25, -0.2) is 9.98 Å². The second kappa shape index (κ2) is 14.8. The number of nitrogens with zero attached hydrogens (tertiary/aromatic N) is 2. The Kier molecular flexibility index (Phi) is 8.43. The molecule has 0 aliphatic carbocycles. The third-order valence-corrected chi connectivity index (χ3v) is 13.9. The van der Waals surface area contributed by atoms with Gasteiger partial charge in [-0.3, -0.25) is 0 Å². The van der Waals surface area contributed by atoms with E-state index < -0.39 is 0 Å². The fraction of sp³-hybridized carbons (Fsp3) is 0.0169. The Hall–Kier alpha value is -8.12. The van der Waals surface area contributed by atoms with Gasteiger partial charge < -0.3 is 9.73 Å². The van der Waals surface area contributed by atoms with Crippen LogP contribution in [0.3, 0.4) is 0 Å². The highest BCUT2D eigenvalue weighted by Crippen LogP contribution is 2.45. The van der Waals surface area contributed by atoms with E-state index in [9.17, 15) is 0 Å². The number of aliphatic imine (C=N–C) groups is 2. The predicted molar refractivity (Wildman–Crippen MR) is 270 cm³/mol. The summed E-state index contributed by atoms with van der Waals surface area (Å²) in [6, 6.07) is 75.7. The van der Waals surface area contributed by atoms with Crippen molar-refractivity contribution < 1.29 is 4.42 Å². The predicted octanol–water partition coefficient (Wildman–Crippen LogP) is 15.8. The molecule has 0 saturated heterocycles. The van der Waals surface area contributed by atoms with Crippen molar-refractivity contribution >= 4 is 86.7 Å². The molecule has 1 unspecified atom stereocenters. The third kappa shape index (κ3) is 6.04. The van der Waals surface area contributed by atoms with Crippen LogP contribution >= 0.6 is 11.3 Å². The minimum atomic E-state index is -0.336. The highest BCUT2D eigenvalue weighted by Gasteiger charge is 2.25. The normalized spacial score (nSPS) is 14.1. The third-order valence-electron chi connectivity index (χ3n) is 12.8. The quantitative estimate of drug-likeness (QED) is 0.181. The Morgan fingerprint density at radius 3 is 1.81 bits per heavy atom. The number of benzene rings is 10. The number of rotatable bonds is 6. The SMILES string of the molecule is c1ccc(C2=NC(c3ccc4c(c3)sc3ccccc34)NC(c3ccc(-c4ccc(-c5ccc(-c6ccccc6)cc5)c5oc6cc7ccccc7cc6c45)c4ccccc34)=N2)cc1. The zero-order valence-electron chi connectivity index (χ0n) is 34.5. The lowest BCUT2D eigenvalue weighted by atomic mass is 9.89. The molecule has 2 aromatic heterocycles. The first-order valence-electron chi connectivity index (χ1n) is 21.7. The van der Waals surface area contributed by atoms with Crippen molar-refractivity contribution in [3.8, 4) is 33.4 Å². The lowest BCUT2D eigenvalue weighted by molar-refractivity contribution is 0.670. The summed E-state index contributed by atoms with van der Waals surface area (Å²) in [5.41, 5.74) is 11.6. The summed E-state index contributed by atoms with van der Waals surface area (Å²) in [4.78, 5) is 10.5. The smallest absolute Gasteiger partial charge is 0.159 e. The fourth-order valence-electron chi connectivity index (χ4n) is 9.62. The molecule has 0 saturated carbocycles. The van der Waals surface area contributed by atoms with Crippen molar-refractivity contribution in [2.75, 3.05) is 0 Å². The topological polar surface area (TPSA) is 49.9 Å². The summed E-state index contributed by atoms with van der Waals surface area (Å²) in [6.07, 6.45) is -0.336. The Morgan fingerprint density at radius 2 is 1.02 bits per heavy atom. The monoisotopic (exact) mass is 835 g/mol. The van der Waals surface area contributed by atoms with E-state index >= 15 is 0 Å². The summed E-state index contributed by atoms with van der Waals surface area (Å²) < 4.78 is 9.50. The first-order valence-corrected chi connectivity index (χ1v) is 22.5. The molecule has 0 bridgehead atoms. The van der Waals surface area contributed by atoms with Crippen molar-refractivity contribution in [3.05, 3.63) is 229 Å². The van der Waals surface area contributed by atoms with E-state index in [1.165, 1.54) is 36.7 Å². The van der Waals surface area contributed by atoms with E-state index in [0.717, 1.165) is 82.9 Å². The Bertz CT molecular complexity index is 3860. The molecule has 5 heteroatoms. The largest absolute Gasteiger partial charge is 0.455 e. The molecule has 1 aliphatic heterocycles. The second-order valence-electron chi connectivity index (χ2n) is 16.5. The molecule has 0 spiro atoms. The molecule has 12 aromatic rings. The van der Waals surface area contributed by atoms with Gasteiger partial charge in [0.15, 0.2) is 5.84 Å². The van der Waals surface area contributed by atoms with Gasteiger partial charge in [-0.1, -0.05) is 182 Å². The second-order valence-corrected chi connectivity index (χ2v) is 17.6. The average molecular weight is 836 g/mol. The van der Waals surface area contributed by atoms with Crippen molar-refractivity contribution in [1.82, 2.24) is 5.32 Å². The van der Waals surface area contributed by atoms with Gasteiger partial charge in [-0.2, -0.15) is 0 Å². The van der Waals surface area contributed by atoms with E-state index in [1.54, 1.807) is 0 Å². The van der Waals surface area contributed by atoms with Gasteiger partial charge in [0, 0.05) is 47.6 Å². The average Bonchev–Trinajstić information content (AvgIpc) is 3.93. The zero-order valence-corrected chi connectivity index (χ0v) is 35.3. The van der Waals surface area contributed by atoms with Crippen LogP contribution < -0.4 is 5.32 Å². The van der Waals surface area contributed by atoms with Crippen molar-refractivity contribution in [3.63, 3.8) is 0 Å². The summed E-state index contributed by atoms with van der Waals surface area (Å²) in [6.45, 7) is 0. The molecule has 4 nitrogen and oxygen atoms in total.